The van der Waals surface area contributed by atoms with Crippen molar-refractivity contribution in [3.05, 3.63) is 29.6 Å². The maximum absolute atomic E-state index is 10.4. The summed E-state index contributed by atoms with van der Waals surface area (Å²) in [6.45, 7) is 0. The van der Waals surface area contributed by atoms with Crippen molar-refractivity contribution in [2.45, 2.75) is 0 Å². The van der Waals surface area contributed by atoms with Gasteiger partial charge in [0.2, 0.25) is 0 Å². The molecule has 1 aromatic rings. The van der Waals surface area contributed by atoms with Crippen molar-refractivity contribution in [2.75, 3.05) is 0 Å². The first-order chi connectivity index (χ1) is 5.61. The van der Waals surface area contributed by atoms with Crippen molar-refractivity contribution >= 4 is 24.2 Å². The molecule has 0 aliphatic rings. The van der Waals surface area contributed by atoms with Gasteiger partial charge in [-0.2, -0.15) is 0 Å². The molecule has 1 aromatic heterocycles. The van der Waals surface area contributed by atoms with Crippen molar-refractivity contribution < 1.29 is 9.90 Å². The third-order valence-corrected chi connectivity index (χ3v) is 1.29. The molecule has 1 heterocycles. The Bertz CT molecular complexity index is 290. The third-order valence-electron chi connectivity index (χ3n) is 1.29. The van der Waals surface area contributed by atoms with Gasteiger partial charge < -0.3 is 10.8 Å². The molecule has 0 amide bonds. The van der Waals surface area contributed by atoms with Crippen molar-refractivity contribution in [2.24, 2.45) is 5.73 Å². The smallest absolute Gasteiger partial charge is 0.337 e. The molecule has 1 rings (SSSR count). The summed E-state index contributed by atoms with van der Waals surface area (Å²) in [6, 6.07) is 2.75. The molecule has 0 aliphatic carbocycles. The minimum absolute atomic E-state index is 0. The molecule has 0 spiro atoms. The molecular weight excluding hydrogens is 194 g/mol. The van der Waals surface area contributed by atoms with Crippen LogP contribution in [0.1, 0.15) is 16.1 Å². The van der Waals surface area contributed by atoms with Gasteiger partial charge in [-0.25, -0.2) is 4.79 Å². The van der Waals surface area contributed by atoms with E-state index in [0.717, 1.165) is 0 Å². The van der Waals surface area contributed by atoms with E-state index in [1.807, 2.05) is 0 Å². The second kappa shape index (κ2) is 4.42. The van der Waals surface area contributed by atoms with E-state index >= 15 is 0 Å². The Hall–Kier alpha value is -1.62. The quantitative estimate of drug-likeness (QED) is 0.479. The summed E-state index contributed by atoms with van der Waals surface area (Å²) >= 11 is 0. The van der Waals surface area contributed by atoms with E-state index in [-0.39, 0.29) is 29.5 Å². The third kappa shape index (κ3) is 2.72. The van der Waals surface area contributed by atoms with Crippen LogP contribution in [0, 0.1) is 5.41 Å². The fourth-order valence-electron chi connectivity index (χ4n) is 0.680. The van der Waals surface area contributed by atoms with Gasteiger partial charge in [0.15, 0.2) is 0 Å². The maximum atomic E-state index is 10.4. The summed E-state index contributed by atoms with van der Waals surface area (Å²) in [6.07, 6.45) is 1.17. The zero-order chi connectivity index (χ0) is 9.14. The van der Waals surface area contributed by atoms with Crippen LogP contribution in [0.4, 0.5) is 0 Å². The van der Waals surface area contributed by atoms with Gasteiger partial charge in [0.1, 0.15) is 11.5 Å². The van der Waals surface area contributed by atoms with Crippen LogP contribution >= 0.6 is 12.4 Å². The monoisotopic (exact) mass is 201 g/mol. The zero-order valence-electron chi connectivity index (χ0n) is 6.52. The van der Waals surface area contributed by atoms with Gasteiger partial charge in [0.25, 0.3) is 0 Å². The van der Waals surface area contributed by atoms with Crippen molar-refractivity contribution in [1.82, 2.24) is 4.98 Å². The SMILES string of the molecule is Cl.N=C(N)c1ccc(C(=O)O)cn1. The highest BCUT2D eigenvalue weighted by molar-refractivity contribution is 5.94. The number of nitrogen functional groups attached to an aromatic ring is 1. The number of nitrogens with two attached hydrogens (primary N) is 1. The number of hydrogen-bond acceptors (Lipinski definition) is 3. The summed E-state index contributed by atoms with van der Waals surface area (Å²) in [7, 11) is 0. The molecule has 0 aromatic carbocycles. The van der Waals surface area contributed by atoms with Crippen LogP contribution in [0.5, 0.6) is 0 Å². The Morgan fingerprint density at radius 1 is 1.54 bits per heavy atom. The highest BCUT2D eigenvalue weighted by Crippen LogP contribution is 1.98. The number of pyridine rings is 1. The first-order valence-electron chi connectivity index (χ1n) is 3.15. The largest absolute Gasteiger partial charge is 0.478 e. The van der Waals surface area contributed by atoms with Crippen molar-refractivity contribution in [1.29, 1.82) is 5.41 Å². The molecule has 0 aliphatic heterocycles. The van der Waals surface area contributed by atoms with E-state index in [0.29, 0.717) is 0 Å². The highest BCUT2D eigenvalue weighted by Gasteiger charge is 2.03. The fourth-order valence-corrected chi connectivity index (χ4v) is 0.680. The number of aromatic nitrogens is 1. The lowest BCUT2D eigenvalue weighted by Crippen LogP contribution is -2.13. The fraction of sp³-hybridized carbons (Fsp3) is 0. The summed E-state index contributed by atoms with van der Waals surface area (Å²) in [5.41, 5.74) is 5.47. The van der Waals surface area contributed by atoms with E-state index in [1.54, 1.807) is 0 Å². The molecule has 13 heavy (non-hydrogen) atoms. The van der Waals surface area contributed by atoms with Crippen LogP contribution in [0.2, 0.25) is 0 Å². The number of carboxylic acid groups (broad SMARTS) is 1. The van der Waals surface area contributed by atoms with Gasteiger partial charge in [0, 0.05) is 6.20 Å². The summed E-state index contributed by atoms with van der Waals surface area (Å²) in [4.78, 5) is 14.0. The van der Waals surface area contributed by atoms with E-state index in [2.05, 4.69) is 4.98 Å². The Balaban J connectivity index is 0.00000144. The molecule has 0 bridgehead atoms. The average molecular weight is 202 g/mol. The van der Waals surface area contributed by atoms with Crippen LogP contribution in [-0.2, 0) is 0 Å². The highest BCUT2D eigenvalue weighted by atomic mass is 35.5. The molecule has 5 nitrogen and oxygen atoms in total. The molecular formula is C7H8ClN3O2. The Labute approximate surface area is 80.5 Å². The van der Waals surface area contributed by atoms with Crippen LogP contribution < -0.4 is 5.73 Å². The van der Waals surface area contributed by atoms with Crippen molar-refractivity contribution in [3.8, 4) is 0 Å². The van der Waals surface area contributed by atoms with Crippen LogP contribution in [0.25, 0.3) is 0 Å². The normalized spacial score (nSPS) is 8.62. The van der Waals surface area contributed by atoms with Gasteiger partial charge in [-0.3, -0.25) is 10.4 Å². The first kappa shape index (κ1) is 11.4. The van der Waals surface area contributed by atoms with Gasteiger partial charge >= 0.3 is 5.97 Å². The zero-order valence-corrected chi connectivity index (χ0v) is 7.34. The number of rotatable bonds is 2. The Morgan fingerprint density at radius 3 is 2.46 bits per heavy atom. The Morgan fingerprint density at radius 2 is 2.15 bits per heavy atom. The molecule has 0 unspecified atom stereocenters. The molecule has 0 saturated heterocycles. The van der Waals surface area contributed by atoms with Gasteiger partial charge in [-0.1, -0.05) is 0 Å². The number of carbonyl (C=O) groups is 1. The molecule has 4 N–H and O–H groups in total. The lowest BCUT2D eigenvalue weighted by atomic mass is 10.2. The minimum Gasteiger partial charge on any atom is -0.478 e. The maximum Gasteiger partial charge on any atom is 0.337 e. The molecule has 0 radical (unpaired) electrons. The van der Waals surface area contributed by atoms with E-state index in [9.17, 15) is 4.79 Å². The van der Waals surface area contributed by atoms with Crippen molar-refractivity contribution in [3.63, 3.8) is 0 Å². The van der Waals surface area contributed by atoms with Gasteiger partial charge in [0.05, 0.1) is 5.56 Å². The van der Waals surface area contributed by atoms with Gasteiger partial charge in [-0.15, -0.1) is 12.4 Å². The number of halogens is 1. The number of aromatic carboxylic acids is 1. The molecule has 6 heteroatoms. The summed E-state index contributed by atoms with van der Waals surface area (Å²) in [5.74, 6) is -1.22. The number of hydrogen-bond donors (Lipinski definition) is 3. The number of nitrogens with one attached hydrogen (secondary N) is 1. The second-order valence-corrected chi connectivity index (χ2v) is 2.15. The predicted molar refractivity (Wildman–Crippen MR) is 49.5 cm³/mol. The standard InChI is InChI=1S/C7H7N3O2.ClH/c8-6(9)5-2-1-4(3-10-5)7(11)12;/h1-3H,(H3,8,9)(H,11,12);1H. The van der Waals surface area contributed by atoms with E-state index < -0.39 is 5.97 Å². The number of carboxylic acids is 1. The second-order valence-electron chi connectivity index (χ2n) is 2.15. The number of amidine groups is 1. The Kier molecular flexibility index (Phi) is 3.87. The lowest BCUT2D eigenvalue weighted by molar-refractivity contribution is 0.0696. The molecule has 0 saturated carbocycles. The first-order valence-corrected chi connectivity index (χ1v) is 3.15. The van der Waals surface area contributed by atoms with E-state index in [4.69, 9.17) is 16.2 Å². The number of nitrogens with zero attached hydrogens (tertiary/aromatic N) is 1. The molecule has 0 atom stereocenters. The minimum atomic E-state index is -1.04. The van der Waals surface area contributed by atoms with Crippen LogP contribution in [-0.4, -0.2) is 21.9 Å². The van der Waals surface area contributed by atoms with Gasteiger partial charge in [-0.05, 0) is 12.1 Å². The molecule has 0 fully saturated rings. The predicted octanol–water partition coefficient (Wildman–Crippen LogP) is 0.486. The lowest BCUT2D eigenvalue weighted by Gasteiger charge is -1.96. The van der Waals surface area contributed by atoms with Crippen LogP contribution in [0.3, 0.4) is 0 Å². The molecule has 70 valence electrons. The van der Waals surface area contributed by atoms with E-state index in [1.165, 1.54) is 18.3 Å². The topological polar surface area (TPSA) is 100 Å². The summed E-state index contributed by atoms with van der Waals surface area (Å²) in [5, 5.41) is 15.5. The summed E-state index contributed by atoms with van der Waals surface area (Å²) < 4.78 is 0. The van der Waals surface area contributed by atoms with Crippen LogP contribution in [0.15, 0.2) is 18.3 Å². The average Bonchev–Trinajstić information content (AvgIpc) is 2.04.